The van der Waals surface area contributed by atoms with Gasteiger partial charge in [0, 0.05) is 6.54 Å². The average molecular weight is 459 g/mol. The molecule has 0 fully saturated rings. The lowest BCUT2D eigenvalue weighted by atomic mass is 9.96. The highest BCUT2D eigenvalue weighted by Gasteiger charge is 2.35. The van der Waals surface area contributed by atoms with Gasteiger partial charge in [-0.3, -0.25) is 9.59 Å². The highest BCUT2D eigenvalue weighted by Crippen LogP contribution is 2.26. The number of hydrogen-bond acceptors (Lipinski definition) is 5. The van der Waals surface area contributed by atoms with E-state index in [-0.39, 0.29) is 12.5 Å². The number of amides is 3. The first-order chi connectivity index (χ1) is 15.4. The summed E-state index contributed by atoms with van der Waals surface area (Å²) in [5, 5.41) is 14.9. The highest BCUT2D eigenvalue weighted by atomic mass is 16.6. The zero-order chi connectivity index (χ0) is 25.2. The number of benzene rings is 1. The molecule has 2 unspecified atom stereocenters. The van der Waals surface area contributed by atoms with Crippen molar-refractivity contribution in [2.75, 3.05) is 13.1 Å². The predicted molar refractivity (Wildman–Crippen MR) is 127 cm³/mol. The second kappa shape index (κ2) is 12.8. The van der Waals surface area contributed by atoms with E-state index >= 15 is 0 Å². The van der Waals surface area contributed by atoms with Crippen LogP contribution >= 0.6 is 0 Å². The normalized spacial score (nSPS) is 12.8. The van der Waals surface area contributed by atoms with Crippen molar-refractivity contribution < 1.29 is 19.1 Å². The van der Waals surface area contributed by atoms with Crippen molar-refractivity contribution in [2.45, 2.75) is 85.4 Å². The fourth-order valence-electron chi connectivity index (χ4n) is 3.36. The van der Waals surface area contributed by atoms with Crippen LogP contribution in [0, 0.1) is 25.2 Å². The minimum Gasteiger partial charge on any atom is -0.444 e. The minimum absolute atomic E-state index is 0.306. The molecule has 1 aromatic carbocycles. The van der Waals surface area contributed by atoms with E-state index in [2.05, 4.69) is 17.6 Å². The first-order valence-electron chi connectivity index (χ1n) is 11.4. The van der Waals surface area contributed by atoms with Gasteiger partial charge in [-0.25, -0.2) is 4.79 Å². The smallest absolute Gasteiger partial charge is 0.408 e. The van der Waals surface area contributed by atoms with Crippen molar-refractivity contribution in [1.82, 2.24) is 15.5 Å². The molecule has 8 heteroatoms. The van der Waals surface area contributed by atoms with E-state index < -0.39 is 29.7 Å². The van der Waals surface area contributed by atoms with E-state index in [0.29, 0.717) is 12.1 Å². The third-order valence-electron chi connectivity index (χ3n) is 5.00. The van der Waals surface area contributed by atoms with Gasteiger partial charge in [-0.1, -0.05) is 43.5 Å². The number of nitrogens with zero attached hydrogens (tertiary/aromatic N) is 2. The number of carbonyl (C=O) groups excluding carboxylic acids is 3. The molecule has 0 aliphatic heterocycles. The van der Waals surface area contributed by atoms with Gasteiger partial charge in [0.1, 0.15) is 24.2 Å². The number of nitriles is 1. The summed E-state index contributed by atoms with van der Waals surface area (Å²) in [7, 11) is 0. The number of alkyl carbamates (subject to hydrolysis) is 1. The van der Waals surface area contributed by atoms with Crippen molar-refractivity contribution >= 4 is 17.9 Å². The van der Waals surface area contributed by atoms with Gasteiger partial charge < -0.3 is 20.3 Å². The first-order valence-corrected chi connectivity index (χ1v) is 11.4. The van der Waals surface area contributed by atoms with Gasteiger partial charge >= 0.3 is 6.09 Å². The van der Waals surface area contributed by atoms with Crippen LogP contribution in [0.1, 0.15) is 76.6 Å². The molecule has 0 aromatic heterocycles. The van der Waals surface area contributed by atoms with Crippen LogP contribution in [0.3, 0.4) is 0 Å². The average Bonchev–Trinajstić information content (AvgIpc) is 2.71. The van der Waals surface area contributed by atoms with Crippen molar-refractivity contribution in [3.63, 3.8) is 0 Å². The Morgan fingerprint density at radius 2 is 1.85 bits per heavy atom. The Morgan fingerprint density at radius 1 is 1.18 bits per heavy atom. The van der Waals surface area contributed by atoms with Crippen LogP contribution < -0.4 is 10.6 Å². The summed E-state index contributed by atoms with van der Waals surface area (Å²) in [6, 6.07) is 5.67. The summed E-state index contributed by atoms with van der Waals surface area (Å²) in [5.41, 5.74) is 1.69. The number of rotatable bonds is 10. The number of nitrogens with one attached hydrogen (secondary N) is 2. The molecule has 0 saturated heterocycles. The number of carbonyl (C=O) groups is 3. The second-order valence-corrected chi connectivity index (χ2v) is 9.25. The Kier molecular flexibility index (Phi) is 10.9. The maximum Gasteiger partial charge on any atom is 0.408 e. The third-order valence-corrected chi connectivity index (χ3v) is 5.00. The Morgan fingerprint density at radius 3 is 2.42 bits per heavy atom. The van der Waals surface area contributed by atoms with Gasteiger partial charge in [-0.15, -0.1) is 0 Å². The zero-order valence-corrected chi connectivity index (χ0v) is 20.9. The van der Waals surface area contributed by atoms with Gasteiger partial charge in [0.2, 0.25) is 11.8 Å². The molecule has 3 amide bonds. The fourth-order valence-corrected chi connectivity index (χ4v) is 3.36. The lowest BCUT2D eigenvalue weighted by Crippen LogP contribution is -2.52. The molecule has 1 aromatic rings. The molecule has 1 rings (SSSR count). The molecule has 2 N–H and O–H groups in total. The minimum atomic E-state index is -0.999. The van der Waals surface area contributed by atoms with E-state index in [9.17, 15) is 19.6 Å². The van der Waals surface area contributed by atoms with Crippen molar-refractivity contribution in [1.29, 1.82) is 5.26 Å². The number of unbranched alkanes of at least 4 members (excludes halogenated alkanes) is 2. The van der Waals surface area contributed by atoms with Gasteiger partial charge in [0.05, 0.1) is 6.07 Å². The van der Waals surface area contributed by atoms with Crippen molar-refractivity contribution in [3.05, 3.63) is 34.9 Å². The SMILES string of the molecule is CCCCCNC(=O)C(c1cc(C)ccc1C)N(CC#N)C(=O)C(C)NC(=O)OC(C)(C)C. The van der Waals surface area contributed by atoms with Crippen molar-refractivity contribution in [2.24, 2.45) is 0 Å². The molecule has 0 radical (unpaired) electrons. The molecule has 0 aliphatic carbocycles. The van der Waals surface area contributed by atoms with E-state index in [1.165, 1.54) is 11.8 Å². The lowest BCUT2D eigenvalue weighted by Gasteiger charge is -2.32. The van der Waals surface area contributed by atoms with Crippen LogP contribution in [-0.2, 0) is 14.3 Å². The number of aryl methyl sites for hydroxylation is 2. The Balaban J connectivity index is 3.27. The molecular weight excluding hydrogens is 420 g/mol. The molecule has 0 spiro atoms. The largest absolute Gasteiger partial charge is 0.444 e. The van der Waals surface area contributed by atoms with Crippen LogP contribution in [0.5, 0.6) is 0 Å². The molecule has 0 aliphatic rings. The molecular formula is C25H38N4O4. The van der Waals surface area contributed by atoms with Gasteiger partial charge in [0.25, 0.3) is 0 Å². The first kappa shape index (κ1) is 28.0. The summed E-state index contributed by atoms with van der Waals surface area (Å²) in [6.07, 6.45) is 2.08. The molecule has 33 heavy (non-hydrogen) atoms. The standard InChI is InChI=1S/C25H38N4O4/c1-8-9-10-14-27-22(30)21(20-16-17(2)11-12-18(20)3)29(15-13-26)23(31)19(4)28-24(32)33-25(5,6)7/h11-12,16,19,21H,8-10,14-15H2,1-7H3,(H,27,30)(H,28,32). The fraction of sp³-hybridized carbons (Fsp3) is 0.600. The topological polar surface area (TPSA) is 112 Å². The summed E-state index contributed by atoms with van der Waals surface area (Å²) in [6.45, 7) is 12.7. The van der Waals surface area contributed by atoms with E-state index in [4.69, 9.17) is 4.74 Å². The van der Waals surface area contributed by atoms with E-state index in [0.717, 1.165) is 30.4 Å². The molecule has 0 saturated carbocycles. The van der Waals surface area contributed by atoms with Crippen LogP contribution in [-0.4, -0.2) is 47.5 Å². The Hall–Kier alpha value is -3.08. The second-order valence-electron chi connectivity index (χ2n) is 9.25. The van der Waals surface area contributed by atoms with Gasteiger partial charge in [-0.05, 0) is 59.1 Å². The Labute approximate surface area is 197 Å². The quantitative estimate of drug-likeness (QED) is 0.408. The van der Waals surface area contributed by atoms with Crippen LogP contribution in [0.4, 0.5) is 4.79 Å². The van der Waals surface area contributed by atoms with Gasteiger partial charge in [0.15, 0.2) is 0 Å². The zero-order valence-electron chi connectivity index (χ0n) is 20.9. The third kappa shape index (κ3) is 9.13. The van der Waals surface area contributed by atoms with E-state index in [1.807, 2.05) is 38.1 Å². The molecule has 182 valence electrons. The van der Waals surface area contributed by atoms with E-state index in [1.54, 1.807) is 20.8 Å². The molecule has 8 nitrogen and oxygen atoms in total. The van der Waals surface area contributed by atoms with Gasteiger partial charge in [-0.2, -0.15) is 5.26 Å². The molecule has 2 atom stereocenters. The van der Waals surface area contributed by atoms with Crippen LogP contribution in [0.15, 0.2) is 18.2 Å². The number of ether oxygens (including phenoxy) is 1. The summed E-state index contributed by atoms with van der Waals surface area (Å²) >= 11 is 0. The molecule has 0 heterocycles. The summed E-state index contributed by atoms with van der Waals surface area (Å²) in [5.74, 6) is -0.898. The monoisotopic (exact) mass is 458 g/mol. The Bertz CT molecular complexity index is 870. The lowest BCUT2D eigenvalue weighted by molar-refractivity contribution is -0.141. The molecule has 0 bridgehead atoms. The summed E-state index contributed by atoms with van der Waals surface area (Å²) in [4.78, 5) is 40.0. The van der Waals surface area contributed by atoms with Crippen molar-refractivity contribution in [3.8, 4) is 6.07 Å². The maximum atomic E-state index is 13.4. The maximum absolute atomic E-state index is 13.4. The van der Waals surface area contributed by atoms with Crippen LogP contribution in [0.25, 0.3) is 0 Å². The number of hydrogen-bond donors (Lipinski definition) is 2. The van der Waals surface area contributed by atoms with Crippen LogP contribution in [0.2, 0.25) is 0 Å². The highest BCUT2D eigenvalue weighted by molar-refractivity contribution is 5.92. The predicted octanol–water partition coefficient (Wildman–Crippen LogP) is 3.92. The summed E-state index contributed by atoms with van der Waals surface area (Å²) < 4.78 is 5.24.